The number of rotatable bonds is 5. The molecule has 8 heteroatoms. The van der Waals surface area contributed by atoms with E-state index in [9.17, 15) is 22.8 Å². The molecule has 2 aromatic rings. The van der Waals surface area contributed by atoms with Crippen LogP contribution >= 0.6 is 0 Å². The van der Waals surface area contributed by atoms with Gasteiger partial charge in [0.25, 0.3) is 0 Å². The number of amides is 2. The van der Waals surface area contributed by atoms with Gasteiger partial charge in [-0.1, -0.05) is 35.9 Å². The quantitative estimate of drug-likeness (QED) is 0.801. The maximum absolute atomic E-state index is 12.7. The molecule has 1 aliphatic heterocycles. The number of aryl methyl sites for hydroxylation is 1. The summed E-state index contributed by atoms with van der Waals surface area (Å²) in [7, 11) is 0. The number of hydrogen-bond donors (Lipinski definition) is 1. The fraction of sp³-hybridized carbons (Fsp3) is 0.364. The third-order valence-corrected chi connectivity index (χ3v) is 5.48. The number of carbonyl (C=O) groups is 2. The lowest BCUT2D eigenvalue weighted by Gasteiger charge is -2.18. The van der Waals surface area contributed by atoms with Gasteiger partial charge in [-0.05, 0) is 43.4 Å². The molecule has 0 bridgehead atoms. The van der Waals surface area contributed by atoms with Crippen molar-refractivity contribution in [2.45, 2.75) is 38.1 Å². The second-order valence-electron chi connectivity index (χ2n) is 7.75. The van der Waals surface area contributed by atoms with Crippen LogP contribution in [-0.4, -0.2) is 30.8 Å². The molecule has 0 radical (unpaired) electrons. The molecule has 4 rings (SSSR count). The second kappa shape index (κ2) is 7.66. The van der Waals surface area contributed by atoms with Crippen LogP contribution in [0.3, 0.4) is 0 Å². The largest absolute Gasteiger partial charge is 0.573 e. The summed E-state index contributed by atoms with van der Waals surface area (Å²) in [5, 5.41) is 2.82. The first-order valence-corrected chi connectivity index (χ1v) is 9.75. The Morgan fingerprint density at radius 1 is 1.17 bits per heavy atom. The molecule has 0 spiro atoms. The van der Waals surface area contributed by atoms with Crippen LogP contribution in [0.4, 0.5) is 18.9 Å². The first-order valence-electron chi connectivity index (χ1n) is 9.75. The molecule has 1 heterocycles. The fourth-order valence-electron chi connectivity index (χ4n) is 3.95. The first-order chi connectivity index (χ1) is 14.2. The van der Waals surface area contributed by atoms with Crippen molar-refractivity contribution in [3.63, 3.8) is 0 Å². The minimum Gasteiger partial charge on any atom is -0.406 e. The van der Waals surface area contributed by atoms with Crippen LogP contribution in [0.1, 0.15) is 29.9 Å². The fourth-order valence-corrected chi connectivity index (χ4v) is 3.95. The zero-order valence-electron chi connectivity index (χ0n) is 16.3. The predicted molar refractivity (Wildman–Crippen MR) is 104 cm³/mol. The van der Waals surface area contributed by atoms with Gasteiger partial charge in [0.2, 0.25) is 11.8 Å². The Morgan fingerprint density at radius 2 is 1.93 bits per heavy atom. The highest BCUT2D eigenvalue weighted by Gasteiger charge is 2.45. The Kier molecular flexibility index (Phi) is 5.17. The summed E-state index contributed by atoms with van der Waals surface area (Å²) in [5.41, 5.74) is 2.57. The van der Waals surface area contributed by atoms with Gasteiger partial charge in [0, 0.05) is 24.2 Å². The normalized spacial score (nSPS) is 23.4. The SMILES string of the molecule is Cc1cccc(C2CC2C(=O)NC2CCN(c3cccc(OC(F)(F)F)c3)C2=O)c1. The lowest BCUT2D eigenvalue weighted by atomic mass is 10.1. The van der Waals surface area contributed by atoms with Crippen molar-refractivity contribution in [3.05, 3.63) is 59.7 Å². The van der Waals surface area contributed by atoms with Crippen LogP contribution in [0, 0.1) is 12.8 Å². The Bertz CT molecular complexity index is 976. The van der Waals surface area contributed by atoms with Crippen LogP contribution in [0.5, 0.6) is 5.75 Å². The van der Waals surface area contributed by atoms with E-state index < -0.39 is 12.4 Å². The maximum Gasteiger partial charge on any atom is 0.573 e. The monoisotopic (exact) mass is 418 g/mol. The molecule has 30 heavy (non-hydrogen) atoms. The van der Waals surface area contributed by atoms with Gasteiger partial charge in [0.05, 0.1) is 0 Å². The van der Waals surface area contributed by atoms with Gasteiger partial charge >= 0.3 is 6.36 Å². The smallest absolute Gasteiger partial charge is 0.406 e. The zero-order chi connectivity index (χ0) is 21.5. The van der Waals surface area contributed by atoms with Gasteiger partial charge < -0.3 is 15.0 Å². The molecule has 5 nitrogen and oxygen atoms in total. The molecule has 1 aliphatic carbocycles. The van der Waals surface area contributed by atoms with E-state index in [2.05, 4.69) is 16.1 Å². The number of nitrogens with zero attached hydrogens (tertiary/aromatic N) is 1. The number of ether oxygens (including phenoxy) is 1. The van der Waals surface area contributed by atoms with Gasteiger partial charge in [0.15, 0.2) is 0 Å². The minimum absolute atomic E-state index is 0.155. The van der Waals surface area contributed by atoms with Gasteiger partial charge in [-0.2, -0.15) is 0 Å². The minimum atomic E-state index is -4.80. The average Bonchev–Trinajstić information content (AvgIpc) is 3.40. The number of alkyl halides is 3. The summed E-state index contributed by atoms with van der Waals surface area (Å²) >= 11 is 0. The Balaban J connectivity index is 1.37. The summed E-state index contributed by atoms with van der Waals surface area (Å²) in [5.74, 6) is -0.874. The molecule has 2 amide bonds. The van der Waals surface area contributed by atoms with E-state index in [1.165, 1.54) is 23.1 Å². The first kappa shape index (κ1) is 20.3. The van der Waals surface area contributed by atoms with Crippen LogP contribution in [0.2, 0.25) is 0 Å². The molecule has 2 fully saturated rings. The van der Waals surface area contributed by atoms with Gasteiger partial charge in [-0.25, -0.2) is 0 Å². The lowest BCUT2D eigenvalue weighted by Crippen LogP contribution is -2.42. The molecule has 158 valence electrons. The number of hydrogen-bond acceptors (Lipinski definition) is 3. The van der Waals surface area contributed by atoms with Crippen LogP contribution in [0.15, 0.2) is 48.5 Å². The van der Waals surface area contributed by atoms with Gasteiger partial charge in [-0.15, -0.1) is 13.2 Å². The van der Waals surface area contributed by atoms with Crippen molar-refractivity contribution in [1.82, 2.24) is 5.32 Å². The van der Waals surface area contributed by atoms with Crippen LogP contribution in [0.25, 0.3) is 0 Å². The molecular formula is C22H21F3N2O3. The molecule has 3 atom stereocenters. The van der Waals surface area contributed by atoms with Crippen molar-refractivity contribution in [2.75, 3.05) is 11.4 Å². The van der Waals surface area contributed by atoms with E-state index in [0.29, 0.717) is 18.7 Å². The van der Waals surface area contributed by atoms with E-state index >= 15 is 0 Å². The van der Waals surface area contributed by atoms with E-state index in [4.69, 9.17) is 0 Å². The second-order valence-corrected chi connectivity index (χ2v) is 7.75. The number of halogens is 3. The average molecular weight is 418 g/mol. The number of nitrogens with one attached hydrogen (secondary N) is 1. The van der Waals surface area contributed by atoms with E-state index in [0.717, 1.165) is 17.5 Å². The summed E-state index contributed by atoms with van der Waals surface area (Å²) in [6.45, 7) is 2.31. The number of anilines is 1. The lowest BCUT2D eigenvalue weighted by molar-refractivity contribution is -0.274. The Labute approximate surface area is 171 Å². The highest BCUT2D eigenvalue weighted by atomic mass is 19.4. The molecule has 1 N–H and O–H groups in total. The third-order valence-electron chi connectivity index (χ3n) is 5.48. The Morgan fingerprint density at radius 3 is 2.67 bits per heavy atom. The van der Waals surface area contributed by atoms with Crippen LogP contribution < -0.4 is 15.0 Å². The van der Waals surface area contributed by atoms with Gasteiger partial charge in [-0.3, -0.25) is 9.59 Å². The van der Waals surface area contributed by atoms with Gasteiger partial charge in [0.1, 0.15) is 11.8 Å². The van der Waals surface area contributed by atoms with E-state index in [1.54, 1.807) is 6.07 Å². The maximum atomic E-state index is 12.7. The molecule has 1 saturated carbocycles. The van der Waals surface area contributed by atoms with Crippen molar-refractivity contribution in [2.24, 2.45) is 5.92 Å². The summed E-state index contributed by atoms with van der Waals surface area (Å²) in [6, 6.07) is 12.6. The van der Waals surface area contributed by atoms with Crippen molar-refractivity contribution in [1.29, 1.82) is 0 Å². The highest BCUT2D eigenvalue weighted by Crippen LogP contribution is 2.47. The number of benzene rings is 2. The van der Waals surface area contributed by atoms with Crippen molar-refractivity contribution < 1.29 is 27.5 Å². The molecule has 1 saturated heterocycles. The summed E-state index contributed by atoms with van der Waals surface area (Å²) in [6.07, 6.45) is -3.66. The highest BCUT2D eigenvalue weighted by molar-refractivity contribution is 6.01. The standard InChI is InChI=1S/C22H21F3N2O3/c1-13-4-2-5-14(10-13)17-12-18(17)20(28)26-19-8-9-27(21(19)29)15-6-3-7-16(11-15)30-22(23,24)25/h2-7,10-11,17-19H,8-9,12H2,1H3,(H,26,28). The predicted octanol–water partition coefficient (Wildman–Crippen LogP) is 3.92. The number of carbonyl (C=O) groups excluding carboxylic acids is 2. The molecular weight excluding hydrogens is 397 g/mol. The van der Waals surface area contributed by atoms with Crippen LogP contribution in [-0.2, 0) is 9.59 Å². The topological polar surface area (TPSA) is 58.6 Å². The molecule has 3 unspecified atom stereocenters. The van der Waals surface area contributed by atoms with Crippen molar-refractivity contribution in [3.8, 4) is 5.75 Å². The van der Waals surface area contributed by atoms with E-state index in [1.807, 2.05) is 25.1 Å². The Hall–Kier alpha value is -3.03. The molecule has 2 aromatic carbocycles. The van der Waals surface area contributed by atoms with Crippen molar-refractivity contribution >= 4 is 17.5 Å². The molecule has 0 aromatic heterocycles. The third kappa shape index (κ3) is 4.42. The summed E-state index contributed by atoms with van der Waals surface area (Å²) < 4.78 is 41.2. The molecule has 2 aliphatic rings. The summed E-state index contributed by atoms with van der Waals surface area (Å²) in [4.78, 5) is 26.7. The van der Waals surface area contributed by atoms with E-state index in [-0.39, 0.29) is 29.4 Å². The zero-order valence-corrected chi connectivity index (χ0v) is 16.3.